The van der Waals surface area contributed by atoms with Gasteiger partial charge in [0.25, 0.3) is 0 Å². The SMILES string of the molecule is CC(C)c1n[nH+]c(N)o1. The van der Waals surface area contributed by atoms with E-state index in [1.165, 1.54) is 0 Å². The highest BCUT2D eigenvalue weighted by molar-refractivity contribution is 4.97. The van der Waals surface area contributed by atoms with E-state index < -0.39 is 0 Å². The number of anilines is 1. The van der Waals surface area contributed by atoms with Gasteiger partial charge < -0.3 is 4.42 Å². The molecule has 0 spiro atoms. The molecule has 4 heteroatoms. The van der Waals surface area contributed by atoms with E-state index in [9.17, 15) is 0 Å². The molecule has 0 amide bonds. The van der Waals surface area contributed by atoms with Gasteiger partial charge in [-0.1, -0.05) is 13.8 Å². The lowest BCUT2D eigenvalue weighted by Gasteiger charge is -1.89. The third-order valence-corrected chi connectivity index (χ3v) is 0.985. The number of aromatic amines is 1. The van der Waals surface area contributed by atoms with Crippen molar-refractivity contribution in [3.05, 3.63) is 5.89 Å². The molecule has 1 rings (SSSR count). The van der Waals surface area contributed by atoms with Crippen LogP contribution in [0.2, 0.25) is 0 Å². The summed E-state index contributed by atoms with van der Waals surface area (Å²) < 4.78 is 4.96. The van der Waals surface area contributed by atoms with Crippen molar-refractivity contribution in [3.8, 4) is 0 Å². The second-order valence-corrected chi connectivity index (χ2v) is 2.18. The van der Waals surface area contributed by atoms with Crippen LogP contribution in [0.1, 0.15) is 25.7 Å². The fourth-order valence-electron chi connectivity index (χ4n) is 0.515. The average molecular weight is 128 g/mol. The molecule has 0 saturated heterocycles. The van der Waals surface area contributed by atoms with E-state index in [1.54, 1.807) is 0 Å². The second-order valence-electron chi connectivity index (χ2n) is 2.18. The molecule has 4 nitrogen and oxygen atoms in total. The topological polar surface area (TPSA) is 66.2 Å². The van der Waals surface area contributed by atoms with E-state index >= 15 is 0 Å². The number of H-pyrrole nitrogens is 1. The number of nitrogens with two attached hydrogens (primary N) is 1. The Kier molecular flexibility index (Phi) is 1.38. The zero-order chi connectivity index (χ0) is 6.85. The van der Waals surface area contributed by atoms with E-state index in [0.29, 0.717) is 11.8 Å². The lowest BCUT2D eigenvalue weighted by atomic mass is 10.2. The lowest BCUT2D eigenvalue weighted by Crippen LogP contribution is -2.07. The highest BCUT2D eigenvalue weighted by Gasteiger charge is 2.09. The monoisotopic (exact) mass is 128 g/mol. The number of rotatable bonds is 1. The van der Waals surface area contributed by atoms with Crippen LogP contribution in [0.3, 0.4) is 0 Å². The summed E-state index contributed by atoms with van der Waals surface area (Å²) >= 11 is 0. The first-order chi connectivity index (χ1) is 4.20. The zero-order valence-electron chi connectivity index (χ0n) is 5.51. The minimum absolute atomic E-state index is 0.263. The van der Waals surface area contributed by atoms with Crippen LogP contribution in [0, 0.1) is 0 Å². The van der Waals surface area contributed by atoms with Crippen molar-refractivity contribution in [1.82, 2.24) is 5.10 Å². The molecule has 3 N–H and O–H groups in total. The van der Waals surface area contributed by atoms with E-state index in [1.807, 2.05) is 13.8 Å². The largest absolute Gasteiger partial charge is 0.472 e. The molecule has 0 aromatic carbocycles. The maximum absolute atomic E-state index is 5.23. The molecule has 1 aromatic heterocycles. The Labute approximate surface area is 53.1 Å². The van der Waals surface area contributed by atoms with E-state index in [2.05, 4.69) is 10.2 Å². The minimum Gasteiger partial charge on any atom is -0.372 e. The first-order valence-corrected chi connectivity index (χ1v) is 2.84. The van der Waals surface area contributed by atoms with Crippen molar-refractivity contribution in [2.75, 3.05) is 5.73 Å². The summed E-state index contributed by atoms with van der Waals surface area (Å²) in [6.45, 7) is 3.97. The molecule has 0 atom stereocenters. The Hall–Kier alpha value is -1.06. The molecule has 50 valence electrons. The highest BCUT2D eigenvalue weighted by atomic mass is 16.4. The van der Waals surface area contributed by atoms with Gasteiger partial charge >= 0.3 is 6.01 Å². The van der Waals surface area contributed by atoms with Gasteiger partial charge in [0.1, 0.15) is 0 Å². The van der Waals surface area contributed by atoms with E-state index in [0.717, 1.165) is 0 Å². The minimum atomic E-state index is 0.263. The van der Waals surface area contributed by atoms with Gasteiger partial charge in [-0.3, -0.25) is 5.73 Å². The van der Waals surface area contributed by atoms with Crippen molar-refractivity contribution in [2.45, 2.75) is 19.8 Å². The van der Waals surface area contributed by atoms with E-state index in [-0.39, 0.29) is 6.01 Å². The molecule has 0 radical (unpaired) electrons. The molecule has 1 aromatic rings. The summed E-state index contributed by atoms with van der Waals surface area (Å²) in [5, 5.41) is 6.31. The number of nitrogen functional groups attached to an aromatic ring is 1. The van der Waals surface area contributed by atoms with Crippen LogP contribution in [0.25, 0.3) is 0 Å². The normalized spacial score (nSPS) is 10.6. The molecular weight excluding hydrogens is 118 g/mol. The Morgan fingerprint density at radius 2 is 2.33 bits per heavy atom. The molecule has 0 unspecified atom stereocenters. The molecule has 0 aliphatic heterocycles. The average Bonchev–Trinajstić information content (AvgIpc) is 2.14. The van der Waals surface area contributed by atoms with Gasteiger partial charge in [-0.25, -0.2) is 0 Å². The molecule has 0 aliphatic carbocycles. The number of aromatic nitrogens is 2. The van der Waals surface area contributed by atoms with Gasteiger partial charge in [-0.2, -0.15) is 0 Å². The highest BCUT2D eigenvalue weighted by Crippen LogP contribution is 2.09. The van der Waals surface area contributed by atoms with Crippen molar-refractivity contribution < 1.29 is 9.52 Å². The molecule has 1 heterocycles. The van der Waals surface area contributed by atoms with Gasteiger partial charge in [0.05, 0.1) is 0 Å². The van der Waals surface area contributed by atoms with Crippen LogP contribution in [-0.2, 0) is 0 Å². The van der Waals surface area contributed by atoms with Crippen molar-refractivity contribution >= 4 is 6.01 Å². The Bertz CT molecular complexity index is 194. The standard InChI is InChI=1S/C5H9N3O/c1-3(2)4-7-8-5(6)9-4/h3H,1-2H3,(H2,6,8)/p+1. The first-order valence-electron chi connectivity index (χ1n) is 2.84. The van der Waals surface area contributed by atoms with Crippen LogP contribution >= 0.6 is 0 Å². The van der Waals surface area contributed by atoms with Crippen LogP contribution < -0.4 is 10.8 Å². The summed E-state index contributed by atoms with van der Waals surface area (Å²) in [5.74, 6) is 0.936. The van der Waals surface area contributed by atoms with Gasteiger partial charge in [-0.15, -0.1) is 5.10 Å². The van der Waals surface area contributed by atoms with Crippen LogP contribution in [-0.4, -0.2) is 5.10 Å². The van der Waals surface area contributed by atoms with Gasteiger partial charge in [-0.05, 0) is 5.10 Å². The van der Waals surface area contributed by atoms with Crippen molar-refractivity contribution in [3.63, 3.8) is 0 Å². The van der Waals surface area contributed by atoms with E-state index in [4.69, 9.17) is 10.2 Å². The molecule has 0 saturated carbocycles. The Morgan fingerprint density at radius 3 is 2.56 bits per heavy atom. The maximum atomic E-state index is 5.23. The Morgan fingerprint density at radius 1 is 1.67 bits per heavy atom. The number of hydrogen-bond donors (Lipinski definition) is 1. The number of nitrogens with one attached hydrogen (secondary N) is 1. The first kappa shape index (κ1) is 6.07. The molecule has 0 aliphatic rings. The maximum Gasteiger partial charge on any atom is 0.472 e. The zero-order valence-corrected chi connectivity index (χ0v) is 5.51. The number of hydrogen-bond acceptors (Lipinski definition) is 3. The fraction of sp³-hybridized carbons (Fsp3) is 0.600. The summed E-state index contributed by atoms with van der Waals surface area (Å²) in [5.41, 5.74) is 5.23. The summed E-state index contributed by atoms with van der Waals surface area (Å²) in [6.07, 6.45) is 0. The van der Waals surface area contributed by atoms with Crippen LogP contribution in [0.5, 0.6) is 0 Å². The summed E-state index contributed by atoms with van der Waals surface area (Å²) in [7, 11) is 0. The second kappa shape index (κ2) is 2.05. The van der Waals surface area contributed by atoms with Crippen LogP contribution in [0.15, 0.2) is 4.42 Å². The lowest BCUT2D eigenvalue weighted by molar-refractivity contribution is -0.438. The summed E-state index contributed by atoms with van der Waals surface area (Å²) in [6, 6.07) is 0.263. The van der Waals surface area contributed by atoms with Gasteiger partial charge in [0.15, 0.2) is 0 Å². The number of nitrogens with zero attached hydrogens (tertiary/aromatic N) is 1. The molecule has 0 fully saturated rings. The predicted octanol–water partition coefficient (Wildman–Crippen LogP) is 0.194. The van der Waals surface area contributed by atoms with Gasteiger partial charge in [0.2, 0.25) is 5.89 Å². The molecule has 0 bridgehead atoms. The molecular formula is C5H10N3O+. The predicted molar refractivity (Wildman–Crippen MR) is 31.6 cm³/mol. The fourth-order valence-corrected chi connectivity index (χ4v) is 0.515. The smallest absolute Gasteiger partial charge is 0.372 e. The van der Waals surface area contributed by atoms with Crippen LogP contribution in [0.4, 0.5) is 6.01 Å². The third-order valence-electron chi connectivity index (χ3n) is 0.985. The van der Waals surface area contributed by atoms with Crippen molar-refractivity contribution in [2.24, 2.45) is 0 Å². The quantitative estimate of drug-likeness (QED) is 0.587. The molecule has 9 heavy (non-hydrogen) atoms. The third kappa shape index (κ3) is 1.19. The van der Waals surface area contributed by atoms with Crippen molar-refractivity contribution in [1.29, 1.82) is 0 Å². The summed E-state index contributed by atoms with van der Waals surface area (Å²) in [4.78, 5) is 0. The van der Waals surface area contributed by atoms with Gasteiger partial charge in [0, 0.05) is 5.92 Å². The Balaban J connectivity index is 2.85.